The molecule has 0 radical (unpaired) electrons. The van der Waals surface area contributed by atoms with Crippen LogP contribution in [0.5, 0.6) is 0 Å². The van der Waals surface area contributed by atoms with Crippen molar-refractivity contribution in [3.05, 3.63) is 41.7 Å². The first-order valence-corrected chi connectivity index (χ1v) is 8.29. The van der Waals surface area contributed by atoms with Crippen molar-refractivity contribution in [2.75, 3.05) is 13.1 Å². The second-order valence-corrected chi connectivity index (χ2v) is 6.62. The van der Waals surface area contributed by atoms with Gasteiger partial charge in [-0.15, -0.1) is 5.10 Å². The van der Waals surface area contributed by atoms with Crippen molar-refractivity contribution < 1.29 is 45.4 Å². The number of carbonyl (C=O) groups excluding carboxylic acids is 1. The van der Waals surface area contributed by atoms with Crippen molar-refractivity contribution in [2.45, 2.75) is 18.0 Å². The van der Waals surface area contributed by atoms with Crippen LogP contribution in [0.1, 0.15) is 11.1 Å². The molecule has 7 nitrogen and oxygen atoms in total. The quantitative estimate of drug-likeness (QED) is 0.569. The number of benzene rings is 1. The zero-order chi connectivity index (χ0) is 23.2. The summed E-state index contributed by atoms with van der Waals surface area (Å²) in [4.78, 5) is 27.0. The number of likely N-dealkylation sites (tertiary alicyclic amines) is 1. The van der Waals surface area contributed by atoms with Gasteiger partial charge in [-0.05, 0) is 18.2 Å². The van der Waals surface area contributed by atoms with Gasteiger partial charge in [-0.1, -0.05) is 0 Å². The average molecular weight is 452 g/mol. The highest BCUT2D eigenvalue weighted by molar-refractivity contribution is 5.93. The zero-order valence-corrected chi connectivity index (χ0v) is 15.1. The summed E-state index contributed by atoms with van der Waals surface area (Å²) in [5, 5.41) is 12.4. The lowest BCUT2D eigenvalue weighted by Crippen LogP contribution is -2.64. The molecule has 0 saturated carbocycles. The van der Waals surface area contributed by atoms with Crippen LogP contribution < -0.4 is 0 Å². The van der Waals surface area contributed by atoms with Crippen LogP contribution in [0.2, 0.25) is 0 Å². The molecule has 2 heterocycles. The molecule has 31 heavy (non-hydrogen) atoms. The van der Waals surface area contributed by atoms with E-state index in [2.05, 4.69) is 10.1 Å². The number of carbonyl (C=O) groups is 2. The summed E-state index contributed by atoms with van der Waals surface area (Å²) in [6.45, 7) is -1.34. The molecule has 0 unspecified atom stereocenters. The average Bonchev–Trinajstić information content (AvgIpc) is 3.10. The number of hydrogen-bond donors (Lipinski definition) is 1. The third-order valence-electron chi connectivity index (χ3n) is 4.30. The molecule has 14 heteroatoms. The minimum absolute atomic E-state index is 0.0336. The molecule has 3 rings (SSSR count). The van der Waals surface area contributed by atoms with E-state index >= 15 is 0 Å². The Hall–Kier alpha value is -3.45. The van der Waals surface area contributed by atoms with Crippen LogP contribution in [-0.2, 0) is 21.9 Å². The third kappa shape index (κ3) is 4.67. The molecule has 1 aliphatic heterocycles. The number of aromatic nitrogens is 3. The van der Waals surface area contributed by atoms with Crippen molar-refractivity contribution in [3.63, 3.8) is 0 Å². The van der Waals surface area contributed by atoms with Gasteiger partial charge in [0.1, 0.15) is 6.33 Å². The number of alkyl halides is 7. The fraction of sp³-hybridized carbons (Fsp3) is 0.294. The number of aliphatic carboxylic acids is 1. The lowest BCUT2D eigenvalue weighted by molar-refractivity contribution is -0.167. The Morgan fingerprint density at radius 2 is 1.58 bits per heavy atom. The van der Waals surface area contributed by atoms with E-state index in [0.717, 1.165) is 28.2 Å². The number of amides is 1. The molecule has 2 aromatic rings. The van der Waals surface area contributed by atoms with Gasteiger partial charge in [0.2, 0.25) is 11.6 Å². The monoisotopic (exact) mass is 452 g/mol. The lowest BCUT2D eigenvalue weighted by atomic mass is 9.96. The van der Waals surface area contributed by atoms with E-state index in [1.54, 1.807) is 0 Å². The first-order valence-electron chi connectivity index (χ1n) is 8.29. The number of hydrogen-bond acceptors (Lipinski definition) is 4. The molecular formula is C17H11F7N4O3. The van der Waals surface area contributed by atoms with Crippen molar-refractivity contribution in [3.8, 4) is 11.4 Å². The Morgan fingerprint density at radius 1 is 1.03 bits per heavy atom. The third-order valence-corrected chi connectivity index (χ3v) is 4.30. The first kappa shape index (κ1) is 22.2. The van der Waals surface area contributed by atoms with Crippen LogP contribution >= 0.6 is 0 Å². The molecule has 1 aliphatic rings. The van der Waals surface area contributed by atoms with E-state index in [9.17, 15) is 40.3 Å². The summed E-state index contributed by atoms with van der Waals surface area (Å²) < 4.78 is 92.2. The molecule has 1 N–H and O–H groups in total. The van der Waals surface area contributed by atoms with Gasteiger partial charge >= 0.3 is 18.3 Å². The van der Waals surface area contributed by atoms with Crippen LogP contribution in [0.25, 0.3) is 17.6 Å². The van der Waals surface area contributed by atoms with Crippen LogP contribution in [-0.4, -0.2) is 55.4 Å². The second-order valence-electron chi connectivity index (χ2n) is 6.62. The van der Waals surface area contributed by atoms with Crippen molar-refractivity contribution >= 4 is 18.1 Å². The van der Waals surface area contributed by atoms with E-state index in [4.69, 9.17) is 5.11 Å². The summed E-state index contributed by atoms with van der Waals surface area (Å²) in [5.41, 5.74) is -6.16. The normalized spacial score (nSPS) is 16.4. The predicted molar refractivity (Wildman–Crippen MR) is 88.8 cm³/mol. The highest BCUT2D eigenvalue weighted by atomic mass is 19.4. The fourth-order valence-corrected chi connectivity index (χ4v) is 2.66. The SMILES string of the molecule is O=C(/C=C\n1cnc(-c2cc(C(F)(F)F)cc(C(F)(F)F)c2)n1)N1CC(F)(C(=O)O)C1. The standard InChI is InChI=1S/C17H11F7N4O3/c18-15(14(30)31)6-27(7-15)12(29)1-2-28-8-25-13(26-28)9-3-10(16(19,20)21)5-11(4-9)17(22,23)24/h1-5,8H,6-7H2,(H,30,31)/b2-1-. The Bertz CT molecular complexity index is 1020. The van der Waals surface area contributed by atoms with Gasteiger partial charge in [-0.25, -0.2) is 18.9 Å². The molecule has 0 spiro atoms. The Morgan fingerprint density at radius 3 is 2.06 bits per heavy atom. The second kappa shape index (κ2) is 7.35. The van der Waals surface area contributed by atoms with Crippen LogP contribution in [0.4, 0.5) is 30.7 Å². The Balaban J connectivity index is 1.80. The van der Waals surface area contributed by atoms with Gasteiger partial charge in [0, 0.05) is 17.8 Å². The summed E-state index contributed by atoms with van der Waals surface area (Å²) in [7, 11) is 0. The van der Waals surface area contributed by atoms with E-state index in [0.29, 0.717) is 12.1 Å². The van der Waals surface area contributed by atoms with Crippen molar-refractivity contribution in [1.82, 2.24) is 19.7 Å². The maximum absolute atomic E-state index is 13.6. The molecule has 1 saturated heterocycles. The van der Waals surface area contributed by atoms with E-state index in [1.807, 2.05) is 0 Å². The first-order chi connectivity index (χ1) is 14.2. The summed E-state index contributed by atoms with van der Waals surface area (Å²) in [6, 6.07) is 0.876. The number of carboxylic acids is 1. The van der Waals surface area contributed by atoms with Gasteiger partial charge in [0.15, 0.2) is 5.82 Å². The van der Waals surface area contributed by atoms with E-state index < -0.39 is 65.5 Å². The molecule has 0 aliphatic carbocycles. The van der Waals surface area contributed by atoms with Crippen molar-refractivity contribution in [1.29, 1.82) is 0 Å². The number of rotatable bonds is 4. The van der Waals surface area contributed by atoms with Gasteiger partial charge in [-0.3, -0.25) is 4.79 Å². The molecular weight excluding hydrogens is 441 g/mol. The molecule has 1 aromatic carbocycles. The molecule has 1 amide bonds. The maximum Gasteiger partial charge on any atom is 0.416 e. The smallest absolute Gasteiger partial charge is 0.416 e. The highest BCUT2D eigenvalue weighted by Gasteiger charge is 2.51. The van der Waals surface area contributed by atoms with Crippen molar-refractivity contribution in [2.24, 2.45) is 0 Å². The molecule has 0 bridgehead atoms. The van der Waals surface area contributed by atoms with Crippen LogP contribution in [0.15, 0.2) is 30.6 Å². The number of carboxylic acid groups (broad SMARTS) is 1. The molecule has 1 fully saturated rings. The van der Waals surface area contributed by atoms with Gasteiger partial charge < -0.3 is 10.0 Å². The Labute approximate surface area is 168 Å². The minimum atomic E-state index is -5.04. The summed E-state index contributed by atoms with van der Waals surface area (Å²) in [6.07, 6.45) is -7.30. The van der Waals surface area contributed by atoms with Crippen LogP contribution in [0.3, 0.4) is 0 Å². The largest absolute Gasteiger partial charge is 0.479 e. The lowest BCUT2D eigenvalue weighted by Gasteiger charge is -2.40. The summed E-state index contributed by atoms with van der Waals surface area (Å²) >= 11 is 0. The highest BCUT2D eigenvalue weighted by Crippen LogP contribution is 2.38. The molecule has 1 aromatic heterocycles. The zero-order valence-electron chi connectivity index (χ0n) is 15.1. The molecule has 166 valence electrons. The fourth-order valence-electron chi connectivity index (χ4n) is 2.66. The van der Waals surface area contributed by atoms with Gasteiger partial charge in [0.05, 0.1) is 24.2 Å². The number of halogens is 7. The van der Waals surface area contributed by atoms with Crippen LogP contribution in [0, 0.1) is 0 Å². The van der Waals surface area contributed by atoms with E-state index in [-0.39, 0.29) is 6.07 Å². The van der Waals surface area contributed by atoms with Gasteiger partial charge in [-0.2, -0.15) is 26.3 Å². The topological polar surface area (TPSA) is 88.3 Å². The van der Waals surface area contributed by atoms with E-state index in [1.165, 1.54) is 0 Å². The Kier molecular flexibility index (Phi) is 5.28. The summed E-state index contributed by atoms with van der Waals surface area (Å²) in [5.74, 6) is -2.95. The minimum Gasteiger partial charge on any atom is -0.479 e. The number of nitrogens with zero attached hydrogens (tertiary/aromatic N) is 4. The van der Waals surface area contributed by atoms with Gasteiger partial charge in [0.25, 0.3) is 0 Å². The predicted octanol–water partition coefficient (Wildman–Crippen LogP) is 3.09. The maximum atomic E-state index is 13.6. The molecule has 0 atom stereocenters.